The molecule has 3 aromatic rings. The number of hydrogen-bond donors (Lipinski definition) is 0. The van der Waals surface area contributed by atoms with E-state index in [0.717, 1.165) is 0 Å². The highest BCUT2D eigenvalue weighted by atomic mass is 16.5. The minimum Gasteiger partial charge on any atom is -0.463 e. The fraction of sp³-hybridized carbons (Fsp3) is 0.143. The summed E-state index contributed by atoms with van der Waals surface area (Å²) in [5, 5.41) is 12.8. The van der Waals surface area contributed by atoms with Crippen LogP contribution in [-0.2, 0) is 4.74 Å². The molecule has 0 saturated heterocycles. The molecule has 0 amide bonds. The number of nitriles is 1. The lowest BCUT2D eigenvalue weighted by Crippen LogP contribution is -2.07. The van der Waals surface area contributed by atoms with E-state index in [1.165, 1.54) is 12.3 Å². The van der Waals surface area contributed by atoms with Gasteiger partial charge in [0.05, 0.1) is 22.9 Å². The van der Waals surface area contributed by atoms with Crippen LogP contribution in [0.4, 0.5) is 0 Å². The molecule has 0 atom stereocenters. The van der Waals surface area contributed by atoms with Gasteiger partial charge in [0.25, 0.3) is 5.71 Å². The van der Waals surface area contributed by atoms with Crippen LogP contribution in [0.25, 0.3) is 22.6 Å². The molecule has 0 fully saturated rings. The standard InChI is InChI=1S/C14H9N3O4/c1-8-12-9(14(18)20-6-4-15)7-10(11-3-2-5-19-11)16-13(12)21-17-8/h2-3,5,7H,6H2,1H3. The molecule has 0 unspecified atom stereocenters. The molecule has 0 aromatic carbocycles. The van der Waals surface area contributed by atoms with Gasteiger partial charge in [0.15, 0.2) is 12.4 Å². The van der Waals surface area contributed by atoms with Crippen molar-refractivity contribution in [2.75, 3.05) is 6.61 Å². The van der Waals surface area contributed by atoms with Gasteiger partial charge < -0.3 is 13.7 Å². The lowest BCUT2D eigenvalue weighted by Gasteiger charge is -2.04. The van der Waals surface area contributed by atoms with Gasteiger partial charge in [-0.25, -0.2) is 9.78 Å². The Hall–Kier alpha value is -3.14. The van der Waals surface area contributed by atoms with Crippen molar-refractivity contribution in [3.63, 3.8) is 0 Å². The maximum Gasteiger partial charge on any atom is 0.340 e. The van der Waals surface area contributed by atoms with Gasteiger partial charge in [-0.15, -0.1) is 0 Å². The van der Waals surface area contributed by atoms with Crippen molar-refractivity contribution in [2.45, 2.75) is 6.92 Å². The highest BCUT2D eigenvalue weighted by Gasteiger charge is 2.21. The van der Waals surface area contributed by atoms with Gasteiger partial charge in [0.2, 0.25) is 0 Å². The molecule has 0 bridgehead atoms. The minimum atomic E-state index is -0.636. The average molecular weight is 283 g/mol. The summed E-state index contributed by atoms with van der Waals surface area (Å²) < 4.78 is 15.2. The third-order valence-corrected chi connectivity index (χ3v) is 2.88. The number of esters is 1. The first kappa shape index (κ1) is 12.9. The summed E-state index contributed by atoms with van der Waals surface area (Å²) in [7, 11) is 0. The number of nitrogens with zero attached hydrogens (tertiary/aromatic N) is 3. The fourth-order valence-corrected chi connectivity index (χ4v) is 1.98. The van der Waals surface area contributed by atoms with Gasteiger partial charge in [-0.3, -0.25) is 0 Å². The predicted octanol–water partition coefficient (Wildman–Crippen LogP) is 2.47. The number of fused-ring (bicyclic) bond motifs is 1. The monoisotopic (exact) mass is 283 g/mol. The van der Waals surface area contributed by atoms with Gasteiger partial charge >= 0.3 is 5.97 Å². The van der Waals surface area contributed by atoms with E-state index in [1.54, 1.807) is 25.1 Å². The molecular weight excluding hydrogens is 274 g/mol. The third kappa shape index (κ3) is 2.23. The van der Waals surface area contributed by atoms with Crippen molar-refractivity contribution in [2.24, 2.45) is 0 Å². The number of rotatable bonds is 3. The Kier molecular flexibility index (Phi) is 3.12. The zero-order valence-corrected chi connectivity index (χ0v) is 11.0. The van der Waals surface area contributed by atoms with Crippen molar-refractivity contribution in [3.8, 4) is 17.5 Å². The van der Waals surface area contributed by atoms with Crippen LogP contribution in [0.15, 0.2) is 33.4 Å². The number of carbonyl (C=O) groups excluding carboxylic acids is 1. The molecule has 3 rings (SSSR count). The largest absolute Gasteiger partial charge is 0.463 e. The molecule has 3 aromatic heterocycles. The third-order valence-electron chi connectivity index (χ3n) is 2.88. The molecule has 104 valence electrons. The van der Waals surface area contributed by atoms with Crippen molar-refractivity contribution < 1.29 is 18.5 Å². The summed E-state index contributed by atoms with van der Waals surface area (Å²) in [5.74, 6) is -0.150. The molecule has 21 heavy (non-hydrogen) atoms. The average Bonchev–Trinajstić information content (AvgIpc) is 3.14. The van der Waals surface area contributed by atoms with Crippen molar-refractivity contribution in [3.05, 3.63) is 35.7 Å². The normalized spacial score (nSPS) is 10.5. The molecule has 0 saturated carbocycles. The Labute approximate surface area is 118 Å². The molecule has 0 radical (unpaired) electrons. The van der Waals surface area contributed by atoms with Crippen LogP contribution in [-0.4, -0.2) is 22.7 Å². The summed E-state index contributed by atoms with van der Waals surface area (Å²) >= 11 is 0. The Bertz CT molecular complexity index is 843. The number of furan rings is 1. The highest BCUT2D eigenvalue weighted by Crippen LogP contribution is 2.27. The van der Waals surface area contributed by atoms with Crippen LogP contribution < -0.4 is 0 Å². The first-order chi connectivity index (χ1) is 10.2. The minimum absolute atomic E-state index is 0.213. The number of ether oxygens (including phenoxy) is 1. The number of aromatic nitrogens is 2. The second-order valence-electron chi connectivity index (χ2n) is 4.21. The first-order valence-electron chi connectivity index (χ1n) is 6.05. The molecule has 0 aliphatic carbocycles. The summed E-state index contributed by atoms with van der Waals surface area (Å²) in [6.45, 7) is 1.37. The van der Waals surface area contributed by atoms with Crippen LogP contribution in [0.5, 0.6) is 0 Å². The van der Waals surface area contributed by atoms with Crippen molar-refractivity contribution in [1.82, 2.24) is 10.1 Å². The maximum atomic E-state index is 12.1. The Morgan fingerprint density at radius 3 is 3.10 bits per heavy atom. The smallest absolute Gasteiger partial charge is 0.340 e. The topological polar surface area (TPSA) is 102 Å². The first-order valence-corrected chi connectivity index (χ1v) is 6.05. The van der Waals surface area contributed by atoms with Gasteiger partial charge in [0.1, 0.15) is 11.8 Å². The summed E-state index contributed by atoms with van der Waals surface area (Å²) in [4.78, 5) is 16.4. The lowest BCUT2D eigenvalue weighted by molar-refractivity contribution is 0.0557. The van der Waals surface area contributed by atoms with E-state index in [0.29, 0.717) is 22.5 Å². The molecule has 0 aliphatic heterocycles. The van der Waals surface area contributed by atoms with Crippen LogP contribution in [0, 0.1) is 18.3 Å². The van der Waals surface area contributed by atoms with E-state index in [2.05, 4.69) is 10.1 Å². The van der Waals surface area contributed by atoms with E-state index in [9.17, 15) is 4.79 Å². The van der Waals surface area contributed by atoms with Crippen LogP contribution >= 0.6 is 0 Å². The number of pyridine rings is 1. The molecule has 0 aliphatic rings. The second kappa shape index (κ2) is 5.09. The number of aryl methyl sites for hydroxylation is 1. The maximum absolute atomic E-state index is 12.1. The fourth-order valence-electron chi connectivity index (χ4n) is 1.98. The molecule has 7 heteroatoms. The molecular formula is C14H9N3O4. The van der Waals surface area contributed by atoms with E-state index in [1.807, 2.05) is 0 Å². The summed E-state index contributed by atoms with van der Waals surface area (Å²) in [6.07, 6.45) is 1.50. The summed E-state index contributed by atoms with van der Waals surface area (Å²) in [6, 6.07) is 6.70. The van der Waals surface area contributed by atoms with E-state index in [4.69, 9.17) is 18.9 Å². The molecule has 0 N–H and O–H groups in total. The highest BCUT2D eigenvalue weighted by molar-refractivity contribution is 6.04. The Morgan fingerprint density at radius 1 is 1.52 bits per heavy atom. The second-order valence-corrected chi connectivity index (χ2v) is 4.21. The Morgan fingerprint density at radius 2 is 2.38 bits per heavy atom. The van der Waals surface area contributed by atoms with E-state index >= 15 is 0 Å². The van der Waals surface area contributed by atoms with Gasteiger partial charge in [-0.1, -0.05) is 5.16 Å². The zero-order valence-electron chi connectivity index (χ0n) is 11.0. The van der Waals surface area contributed by atoms with E-state index < -0.39 is 5.97 Å². The van der Waals surface area contributed by atoms with Crippen molar-refractivity contribution in [1.29, 1.82) is 5.26 Å². The van der Waals surface area contributed by atoms with Crippen LogP contribution in [0.3, 0.4) is 0 Å². The Balaban J connectivity index is 2.18. The van der Waals surface area contributed by atoms with Crippen molar-refractivity contribution >= 4 is 17.1 Å². The number of hydrogen-bond acceptors (Lipinski definition) is 7. The predicted molar refractivity (Wildman–Crippen MR) is 70.1 cm³/mol. The zero-order chi connectivity index (χ0) is 14.8. The summed E-state index contributed by atoms with van der Waals surface area (Å²) in [5.41, 5.74) is 1.39. The molecule has 7 nitrogen and oxygen atoms in total. The quantitative estimate of drug-likeness (QED) is 0.680. The lowest BCUT2D eigenvalue weighted by atomic mass is 10.1. The molecule has 0 spiro atoms. The van der Waals surface area contributed by atoms with Gasteiger partial charge in [-0.2, -0.15) is 5.26 Å². The van der Waals surface area contributed by atoms with Gasteiger partial charge in [0, 0.05) is 0 Å². The van der Waals surface area contributed by atoms with Crippen LogP contribution in [0.1, 0.15) is 16.1 Å². The van der Waals surface area contributed by atoms with E-state index in [-0.39, 0.29) is 17.9 Å². The number of carbonyl (C=O) groups is 1. The SMILES string of the molecule is Cc1noc2nc(-c3ccco3)cc(C(=O)OCC#N)c12. The van der Waals surface area contributed by atoms with Gasteiger partial charge in [-0.05, 0) is 25.1 Å². The van der Waals surface area contributed by atoms with Crippen LogP contribution in [0.2, 0.25) is 0 Å². The molecule has 3 heterocycles.